The van der Waals surface area contributed by atoms with Crippen LogP contribution in [0.2, 0.25) is 0 Å². The van der Waals surface area contributed by atoms with Gasteiger partial charge in [0.25, 0.3) is 0 Å². The molecule has 1 fully saturated rings. The zero-order chi connectivity index (χ0) is 9.14. The Hall–Kier alpha value is -0.160. The van der Waals surface area contributed by atoms with Crippen molar-refractivity contribution in [2.45, 2.75) is 32.7 Å². The lowest BCUT2D eigenvalue weighted by Crippen LogP contribution is -2.42. The molecular weight excluding hydrogens is 156 g/mol. The largest absolute Gasteiger partial charge is 0.313 e. The lowest BCUT2D eigenvalue weighted by Gasteiger charge is -2.31. The highest BCUT2D eigenvalue weighted by Gasteiger charge is 2.20. The third-order valence-electron chi connectivity index (χ3n) is 2.44. The SMILES string of the molecule is CC1CCN(O)CN(O)C(C)C1. The van der Waals surface area contributed by atoms with E-state index in [1.54, 1.807) is 0 Å². The molecule has 1 saturated heterocycles. The maximum Gasteiger partial charge on any atom is 0.0997 e. The van der Waals surface area contributed by atoms with Gasteiger partial charge in [-0.25, -0.2) is 0 Å². The van der Waals surface area contributed by atoms with Crippen molar-refractivity contribution in [3.8, 4) is 0 Å². The zero-order valence-corrected chi connectivity index (χ0v) is 7.77. The molecule has 0 aliphatic carbocycles. The first-order chi connectivity index (χ1) is 5.59. The van der Waals surface area contributed by atoms with Gasteiger partial charge in [0.2, 0.25) is 0 Å². The van der Waals surface area contributed by atoms with Gasteiger partial charge in [-0.1, -0.05) is 6.92 Å². The van der Waals surface area contributed by atoms with Crippen LogP contribution in [0.15, 0.2) is 0 Å². The molecule has 0 saturated carbocycles. The molecule has 4 nitrogen and oxygen atoms in total. The van der Waals surface area contributed by atoms with E-state index in [0.29, 0.717) is 12.5 Å². The quantitative estimate of drug-likeness (QED) is 0.578. The molecule has 0 aromatic heterocycles. The Kier molecular flexibility index (Phi) is 3.46. The lowest BCUT2D eigenvalue weighted by molar-refractivity contribution is -0.229. The number of nitrogens with zero attached hydrogens (tertiary/aromatic N) is 2. The van der Waals surface area contributed by atoms with E-state index in [1.165, 1.54) is 5.06 Å². The number of hydrogen-bond acceptors (Lipinski definition) is 4. The highest BCUT2D eigenvalue weighted by molar-refractivity contribution is 4.67. The van der Waals surface area contributed by atoms with E-state index in [2.05, 4.69) is 6.92 Å². The monoisotopic (exact) mass is 174 g/mol. The minimum Gasteiger partial charge on any atom is -0.313 e. The predicted octanol–water partition coefficient (Wildman–Crippen LogP) is 1.14. The first-order valence-electron chi connectivity index (χ1n) is 4.49. The Morgan fingerprint density at radius 3 is 2.58 bits per heavy atom. The number of rotatable bonds is 0. The van der Waals surface area contributed by atoms with Crippen LogP contribution in [0.3, 0.4) is 0 Å². The van der Waals surface area contributed by atoms with Crippen LogP contribution in [0.5, 0.6) is 0 Å². The Morgan fingerprint density at radius 1 is 1.25 bits per heavy atom. The summed E-state index contributed by atoms with van der Waals surface area (Å²) >= 11 is 0. The maximum atomic E-state index is 9.40. The Labute approximate surface area is 73.3 Å². The minimum absolute atomic E-state index is 0.134. The van der Waals surface area contributed by atoms with Gasteiger partial charge in [0.15, 0.2) is 0 Å². The molecule has 1 aliphatic heterocycles. The zero-order valence-electron chi connectivity index (χ0n) is 7.77. The van der Waals surface area contributed by atoms with Gasteiger partial charge < -0.3 is 10.4 Å². The van der Waals surface area contributed by atoms with Crippen molar-refractivity contribution < 1.29 is 10.4 Å². The molecule has 1 rings (SSSR count). The van der Waals surface area contributed by atoms with Crippen molar-refractivity contribution in [3.05, 3.63) is 0 Å². The van der Waals surface area contributed by atoms with Gasteiger partial charge in [-0.15, -0.1) is 0 Å². The average Bonchev–Trinajstić information content (AvgIpc) is 1.99. The smallest absolute Gasteiger partial charge is 0.0997 e. The van der Waals surface area contributed by atoms with Crippen LogP contribution in [0, 0.1) is 5.92 Å². The highest BCUT2D eigenvalue weighted by atomic mass is 16.5. The van der Waals surface area contributed by atoms with Gasteiger partial charge in [0.1, 0.15) is 0 Å². The van der Waals surface area contributed by atoms with Gasteiger partial charge in [0.05, 0.1) is 6.67 Å². The summed E-state index contributed by atoms with van der Waals surface area (Å²) in [7, 11) is 0. The first kappa shape index (κ1) is 9.92. The van der Waals surface area contributed by atoms with Crippen LogP contribution in [-0.4, -0.2) is 39.8 Å². The molecular formula is C8H18N2O2. The van der Waals surface area contributed by atoms with Crippen LogP contribution in [0.25, 0.3) is 0 Å². The van der Waals surface area contributed by atoms with Gasteiger partial charge >= 0.3 is 0 Å². The van der Waals surface area contributed by atoms with Gasteiger partial charge in [-0.2, -0.15) is 10.1 Å². The van der Waals surface area contributed by atoms with Crippen molar-refractivity contribution in [1.29, 1.82) is 0 Å². The summed E-state index contributed by atoms with van der Waals surface area (Å²) in [4.78, 5) is 0. The molecule has 0 bridgehead atoms. The number of hydrogen-bond donors (Lipinski definition) is 2. The van der Waals surface area contributed by atoms with E-state index < -0.39 is 0 Å². The fraction of sp³-hybridized carbons (Fsp3) is 1.00. The fourth-order valence-corrected chi connectivity index (χ4v) is 1.57. The van der Waals surface area contributed by atoms with Crippen LogP contribution in [-0.2, 0) is 0 Å². The lowest BCUT2D eigenvalue weighted by atomic mass is 9.98. The molecule has 72 valence electrons. The highest BCUT2D eigenvalue weighted by Crippen LogP contribution is 2.16. The van der Waals surface area contributed by atoms with E-state index in [-0.39, 0.29) is 12.7 Å². The van der Waals surface area contributed by atoms with E-state index in [9.17, 15) is 10.4 Å². The molecule has 4 heteroatoms. The molecule has 2 N–H and O–H groups in total. The average molecular weight is 174 g/mol. The summed E-state index contributed by atoms with van der Waals surface area (Å²) < 4.78 is 0. The molecule has 12 heavy (non-hydrogen) atoms. The third kappa shape index (κ3) is 2.71. The summed E-state index contributed by atoms with van der Waals surface area (Å²) in [6.45, 7) is 4.98. The molecule has 0 radical (unpaired) electrons. The molecule has 0 spiro atoms. The topological polar surface area (TPSA) is 46.9 Å². The maximum absolute atomic E-state index is 9.40. The predicted molar refractivity (Wildman–Crippen MR) is 44.8 cm³/mol. The Balaban J connectivity index is 2.48. The Bertz CT molecular complexity index is 127. The van der Waals surface area contributed by atoms with Crippen LogP contribution in [0.1, 0.15) is 26.7 Å². The van der Waals surface area contributed by atoms with Crippen LogP contribution >= 0.6 is 0 Å². The minimum atomic E-state index is 0.134. The van der Waals surface area contributed by atoms with E-state index in [4.69, 9.17) is 0 Å². The first-order valence-corrected chi connectivity index (χ1v) is 4.49. The van der Waals surface area contributed by atoms with Crippen molar-refractivity contribution in [2.24, 2.45) is 5.92 Å². The summed E-state index contributed by atoms with van der Waals surface area (Å²) in [5.74, 6) is 0.560. The van der Waals surface area contributed by atoms with E-state index >= 15 is 0 Å². The molecule has 2 atom stereocenters. The second kappa shape index (κ2) is 4.18. The summed E-state index contributed by atoms with van der Waals surface area (Å²) in [6, 6.07) is 0.134. The third-order valence-corrected chi connectivity index (χ3v) is 2.44. The van der Waals surface area contributed by atoms with Crippen molar-refractivity contribution in [2.75, 3.05) is 13.2 Å². The van der Waals surface area contributed by atoms with Crippen molar-refractivity contribution in [3.63, 3.8) is 0 Å². The molecule has 0 aromatic rings. The summed E-state index contributed by atoms with van der Waals surface area (Å²) in [6.07, 6.45) is 1.99. The van der Waals surface area contributed by atoms with Crippen molar-refractivity contribution in [1.82, 2.24) is 10.1 Å². The summed E-state index contributed by atoms with van der Waals surface area (Å²) in [5, 5.41) is 21.0. The summed E-state index contributed by atoms with van der Waals surface area (Å²) in [5.41, 5.74) is 0. The van der Waals surface area contributed by atoms with E-state index in [0.717, 1.165) is 17.9 Å². The van der Waals surface area contributed by atoms with Gasteiger partial charge in [-0.05, 0) is 25.7 Å². The normalized spacial score (nSPS) is 36.0. The number of hydroxylamine groups is 4. The van der Waals surface area contributed by atoms with Gasteiger partial charge in [0, 0.05) is 12.6 Å². The standard InChI is InChI=1S/C8H18N2O2/c1-7-3-4-9(11)6-10(12)8(2)5-7/h7-8,11-12H,3-6H2,1-2H3. The molecule has 0 aromatic carbocycles. The van der Waals surface area contributed by atoms with Crippen LogP contribution in [0.4, 0.5) is 0 Å². The second-order valence-electron chi connectivity index (χ2n) is 3.79. The van der Waals surface area contributed by atoms with Crippen LogP contribution < -0.4 is 0 Å². The molecule has 2 unspecified atom stereocenters. The molecule has 0 amide bonds. The second-order valence-corrected chi connectivity index (χ2v) is 3.79. The van der Waals surface area contributed by atoms with E-state index in [1.807, 2.05) is 6.92 Å². The Morgan fingerprint density at radius 2 is 1.92 bits per heavy atom. The van der Waals surface area contributed by atoms with Crippen molar-refractivity contribution >= 4 is 0 Å². The van der Waals surface area contributed by atoms with Gasteiger partial charge in [-0.3, -0.25) is 0 Å². The molecule has 1 heterocycles. The fourth-order valence-electron chi connectivity index (χ4n) is 1.57. The molecule has 1 aliphatic rings.